The van der Waals surface area contributed by atoms with Crippen LogP contribution in [0.1, 0.15) is 17.4 Å². The summed E-state index contributed by atoms with van der Waals surface area (Å²) in [7, 11) is 1.67. The zero-order chi connectivity index (χ0) is 12.8. The maximum Gasteiger partial charge on any atom is 0.275 e. The first-order valence-corrected chi connectivity index (χ1v) is 6.03. The fourth-order valence-corrected chi connectivity index (χ4v) is 1.89. The second kappa shape index (κ2) is 6.41. The van der Waals surface area contributed by atoms with Crippen molar-refractivity contribution in [2.45, 2.75) is 11.6 Å². The zero-order valence-corrected chi connectivity index (χ0v) is 10.9. The van der Waals surface area contributed by atoms with Crippen molar-refractivity contribution in [1.82, 2.24) is 15.1 Å². The molecule has 1 rings (SSSR count). The van der Waals surface area contributed by atoms with Gasteiger partial charge in [0.1, 0.15) is 12.0 Å². The Morgan fingerprint density at radius 3 is 3.00 bits per heavy atom. The molecule has 1 aromatic rings. The number of carbonyl (C=O) groups is 1. The molecule has 0 spiro atoms. The van der Waals surface area contributed by atoms with E-state index in [9.17, 15) is 4.79 Å². The molecule has 0 saturated carbocycles. The molecule has 0 fully saturated rings. The van der Waals surface area contributed by atoms with Gasteiger partial charge in [-0.05, 0) is 13.0 Å². The van der Waals surface area contributed by atoms with Gasteiger partial charge in [0.05, 0.1) is 4.71 Å². The van der Waals surface area contributed by atoms with E-state index in [1.807, 2.05) is 0 Å². The number of aromatic nitrogens is 2. The van der Waals surface area contributed by atoms with Crippen molar-refractivity contribution in [3.63, 3.8) is 0 Å². The van der Waals surface area contributed by atoms with Gasteiger partial charge in [-0.15, -0.1) is 11.6 Å². The Hall–Kier alpha value is -1.34. The van der Waals surface area contributed by atoms with Crippen molar-refractivity contribution in [2.24, 2.45) is 12.0 Å². The van der Waals surface area contributed by atoms with Crippen LogP contribution in [-0.2, 0) is 7.05 Å². The quantitative estimate of drug-likeness (QED) is 0.496. The van der Waals surface area contributed by atoms with Gasteiger partial charge in [-0.3, -0.25) is 20.2 Å². The number of amides is 1. The molecule has 0 aliphatic heterocycles. The predicted octanol–water partition coefficient (Wildman–Crippen LogP) is 1.43. The highest BCUT2D eigenvalue weighted by molar-refractivity contribution is 8.15. The summed E-state index contributed by atoms with van der Waals surface area (Å²) in [6.07, 6.45) is 2.38. The molecule has 8 heteroatoms. The summed E-state index contributed by atoms with van der Waals surface area (Å²) in [4.78, 5) is 15.5. The number of nitrogens with one attached hydrogen (secondary N) is 2. The van der Waals surface area contributed by atoms with Crippen molar-refractivity contribution in [1.29, 1.82) is 5.41 Å². The van der Waals surface area contributed by atoms with Crippen LogP contribution >= 0.6 is 23.4 Å². The van der Waals surface area contributed by atoms with Crippen LogP contribution in [0.2, 0.25) is 0 Å². The average Bonchev–Trinajstić information content (AvgIpc) is 2.63. The Balaban J connectivity index is 2.75. The van der Waals surface area contributed by atoms with E-state index in [0.29, 0.717) is 5.69 Å². The van der Waals surface area contributed by atoms with Gasteiger partial charge >= 0.3 is 0 Å². The van der Waals surface area contributed by atoms with Crippen molar-refractivity contribution in [3.05, 3.63) is 18.0 Å². The number of halogens is 1. The number of alkyl halides is 1. The van der Waals surface area contributed by atoms with E-state index in [-0.39, 0.29) is 15.8 Å². The molecule has 2 N–H and O–H groups in total. The van der Waals surface area contributed by atoms with E-state index in [2.05, 4.69) is 15.4 Å². The van der Waals surface area contributed by atoms with E-state index in [0.717, 1.165) is 18.1 Å². The summed E-state index contributed by atoms with van der Waals surface area (Å²) >= 11 is 6.94. The van der Waals surface area contributed by atoms with Crippen molar-refractivity contribution < 1.29 is 4.79 Å². The Kier molecular flexibility index (Phi) is 5.17. The largest absolute Gasteiger partial charge is 0.300 e. The Morgan fingerprint density at radius 1 is 1.82 bits per heavy atom. The lowest BCUT2D eigenvalue weighted by Crippen LogP contribution is -2.30. The second-order valence-electron chi connectivity index (χ2n) is 3.02. The summed E-state index contributed by atoms with van der Waals surface area (Å²) in [6, 6.07) is 1.59. The molecule has 0 radical (unpaired) electrons. The smallest absolute Gasteiger partial charge is 0.275 e. The number of aryl methyl sites for hydroxylation is 1. The molecule has 0 aliphatic rings. The molecule has 1 atom stereocenters. The number of hydrogen-bond acceptors (Lipinski definition) is 4. The summed E-state index contributed by atoms with van der Waals surface area (Å²) in [5, 5.41) is 13.6. The molecule has 1 aromatic heterocycles. The van der Waals surface area contributed by atoms with Gasteiger partial charge in [0.2, 0.25) is 0 Å². The molecule has 0 bridgehead atoms. The van der Waals surface area contributed by atoms with E-state index in [1.54, 1.807) is 20.0 Å². The number of rotatable bonds is 3. The molecule has 1 amide bonds. The Labute approximate surface area is 108 Å². The van der Waals surface area contributed by atoms with Gasteiger partial charge in [0, 0.05) is 13.2 Å². The Bertz CT molecular complexity index is 442. The molecule has 0 aromatic carbocycles. The zero-order valence-electron chi connectivity index (χ0n) is 9.35. The van der Waals surface area contributed by atoms with E-state index < -0.39 is 0 Å². The predicted molar refractivity (Wildman–Crippen MR) is 69.8 cm³/mol. The van der Waals surface area contributed by atoms with Crippen LogP contribution in [0, 0.1) is 5.41 Å². The maximum absolute atomic E-state index is 11.8. The first-order valence-electron chi connectivity index (χ1n) is 4.71. The van der Waals surface area contributed by atoms with Gasteiger partial charge in [-0.2, -0.15) is 5.10 Å². The lowest BCUT2D eigenvalue weighted by atomic mass is 10.4. The standard InChI is InChI=1S/C9H12ClN5OS/c1-6(10)17-9(12-5-11)14-8(16)7-3-4-13-15(7)2/h3-6H,1-2H3,(H2,11,12,14,16). The summed E-state index contributed by atoms with van der Waals surface area (Å²) in [5.74, 6) is -0.338. The molecule has 17 heavy (non-hydrogen) atoms. The topological polar surface area (TPSA) is 83.1 Å². The lowest BCUT2D eigenvalue weighted by molar-refractivity contribution is 0.0969. The highest BCUT2D eigenvalue weighted by Crippen LogP contribution is 2.15. The number of thioether (sulfide) groups is 1. The molecular weight excluding hydrogens is 262 g/mol. The summed E-state index contributed by atoms with van der Waals surface area (Å²) in [5.41, 5.74) is 0.408. The molecule has 1 heterocycles. The number of amidine groups is 1. The summed E-state index contributed by atoms with van der Waals surface area (Å²) < 4.78 is 1.20. The minimum absolute atomic E-state index is 0.250. The summed E-state index contributed by atoms with van der Waals surface area (Å²) in [6.45, 7) is 1.75. The van der Waals surface area contributed by atoms with E-state index in [4.69, 9.17) is 17.0 Å². The monoisotopic (exact) mass is 273 g/mol. The first kappa shape index (κ1) is 13.7. The van der Waals surface area contributed by atoms with Gasteiger partial charge in [-0.25, -0.2) is 4.99 Å². The van der Waals surface area contributed by atoms with Crippen LogP contribution in [0.5, 0.6) is 0 Å². The van der Waals surface area contributed by atoms with E-state index >= 15 is 0 Å². The number of aliphatic imine (C=N–C) groups is 1. The number of nitrogens with zero attached hydrogens (tertiary/aromatic N) is 3. The normalized spacial score (nSPS) is 13.2. The van der Waals surface area contributed by atoms with Crippen molar-refractivity contribution in [3.8, 4) is 0 Å². The third kappa shape index (κ3) is 4.20. The number of hydrogen-bond donors (Lipinski definition) is 2. The molecule has 1 unspecified atom stereocenters. The van der Waals surface area contributed by atoms with Crippen LogP contribution in [-0.4, -0.2) is 31.9 Å². The highest BCUT2D eigenvalue weighted by Gasteiger charge is 2.13. The van der Waals surface area contributed by atoms with Crippen LogP contribution in [0.15, 0.2) is 17.3 Å². The SMILES string of the molecule is CC(Cl)SC(=NC=N)NC(=O)c1ccnn1C. The van der Waals surface area contributed by atoms with Gasteiger partial charge in [0.15, 0.2) is 5.17 Å². The van der Waals surface area contributed by atoms with Gasteiger partial charge < -0.3 is 0 Å². The molecule has 92 valence electrons. The fourth-order valence-electron chi connectivity index (χ4n) is 1.06. The first-order chi connectivity index (χ1) is 8.04. The highest BCUT2D eigenvalue weighted by atomic mass is 35.5. The maximum atomic E-state index is 11.8. The number of carbonyl (C=O) groups excluding carboxylic acids is 1. The average molecular weight is 274 g/mol. The Morgan fingerprint density at radius 2 is 2.53 bits per heavy atom. The van der Waals surface area contributed by atoms with E-state index in [1.165, 1.54) is 10.9 Å². The second-order valence-corrected chi connectivity index (χ2v) is 5.26. The molecular formula is C9H12ClN5OS. The van der Waals surface area contributed by atoms with Crippen molar-refractivity contribution >= 4 is 40.8 Å². The van der Waals surface area contributed by atoms with Crippen LogP contribution < -0.4 is 5.32 Å². The lowest BCUT2D eigenvalue weighted by Gasteiger charge is -2.08. The minimum atomic E-state index is -0.338. The molecule has 6 nitrogen and oxygen atoms in total. The van der Waals surface area contributed by atoms with Gasteiger partial charge in [-0.1, -0.05) is 11.8 Å². The van der Waals surface area contributed by atoms with Gasteiger partial charge in [0.25, 0.3) is 5.91 Å². The molecule has 0 aliphatic carbocycles. The van der Waals surface area contributed by atoms with Crippen LogP contribution in [0.3, 0.4) is 0 Å². The third-order valence-electron chi connectivity index (χ3n) is 1.73. The van der Waals surface area contributed by atoms with Crippen LogP contribution in [0.4, 0.5) is 0 Å². The third-order valence-corrected chi connectivity index (χ3v) is 2.75. The molecule has 0 saturated heterocycles. The fraction of sp³-hybridized carbons (Fsp3) is 0.333. The van der Waals surface area contributed by atoms with Crippen LogP contribution in [0.25, 0.3) is 0 Å². The van der Waals surface area contributed by atoms with Crippen molar-refractivity contribution in [2.75, 3.05) is 0 Å². The minimum Gasteiger partial charge on any atom is -0.300 e.